The van der Waals surface area contributed by atoms with Crippen molar-refractivity contribution in [1.82, 2.24) is 0 Å². The van der Waals surface area contributed by atoms with Gasteiger partial charge in [0.1, 0.15) is 0 Å². The molecule has 0 saturated carbocycles. The smallest absolute Gasteiger partial charge is 0.224 e. The number of carbonyl (C=O) groups is 2. The number of carbonyl (C=O) groups excluding carboxylic acids is 2. The number of benzene rings is 1. The van der Waals surface area contributed by atoms with Crippen LogP contribution in [0, 0.1) is 0 Å². The summed E-state index contributed by atoms with van der Waals surface area (Å²) in [6.07, 6.45) is 3.35. The number of hydrogen-bond donors (Lipinski definition) is 1. The number of anilines is 2. The van der Waals surface area contributed by atoms with Gasteiger partial charge in [-0.2, -0.15) is 0 Å². The topological polar surface area (TPSA) is 49.4 Å². The standard InChI is InChI=1S/C15H20N2O2/c1-3-4-5-15(19)16-13-6-7-14-12(10-13)8-9-17(14)11(2)18/h6-7,10H,3-5,8-9H2,1-2H3,(H,16,19). The van der Waals surface area contributed by atoms with E-state index in [-0.39, 0.29) is 11.8 Å². The molecule has 1 heterocycles. The largest absolute Gasteiger partial charge is 0.326 e. The summed E-state index contributed by atoms with van der Waals surface area (Å²) in [4.78, 5) is 24.9. The molecule has 0 aromatic heterocycles. The summed E-state index contributed by atoms with van der Waals surface area (Å²) in [7, 11) is 0. The Bertz CT molecular complexity index is 497. The molecular weight excluding hydrogens is 240 g/mol. The zero-order valence-electron chi connectivity index (χ0n) is 11.5. The lowest BCUT2D eigenvalue weighted by Gasteiger charge is -2.15. The Balaban J connectivity index is 2.06. The SMILES string of the molecule is CCCCC(=O)Nc1ccc2c(c1)CCN2C(C)=O. The van der Waals surface area contributed by atoms with Gasteiger partial charge < -0.3 is 10.2 Å². The Morgan fingerprint density at radius 2 is 2.16 bits per heavy atom. The minimum atomic E-state index is 0.0585. The van der Waals surface area contributed by atoms with E-state index in [2.05, 4.69) is 12.2 Å². The summed E-state index contributed by atoms with van der Waals surface area (Å²) < 4.78 is 0. The quantitative estimate of drug-likeness (QED) is 0.905. The third-order valence-electron chi connectivity index (χ3n) is 3.40. The van der Waals surface area contributed by atoms with E-state index in [1.165, 1.54) is 0 Å². The van der Waals surface area contributed by atoms with Gasteiger partial charge in [0.25, 0.3) is 0 Å². The van der Waals surface area contributed by atoms with Crippen LogP contribution in [0.15, 0.2) is 18.2 Å². The maximum Gasteiger partial charge on any atom is 0.224 e. The summed E-state index contributed by atoms with van der Waals surface area (Å²) in [6.45, 7) is 4.38. The molecule has 0 bridgehead atoms. The molecule has 1 aliphatic heterocycles. The van der Waals surface area contributed by atoms with E-state index in [1.54, 1.807) is 11.8 Å². The Hall–Kier alpha value is -1.84. The second kappa shape index (κ2) is 5.87. The summed E-state index contributed by atoms with van der Waals surface area (Å²) in [6, 6.07) is 5.76. The molecule has 0 atom stereocenters. The third-order valence-corrected chi connectivity index (χ3v) is 3.40. The number of nitrogens with zero attached hydrogens (tertiary/aromatic N) is 1. The lowest BCUT2D eigenvalue weighted by Crippen LogP contribution is -2.25. The number of fused-ring (bicyclic) bond motifs is 1. The summed E-state index contributed by atoms with van der Waals surface area (Å²) in [5.41, 5.74) is 2.92. The van der Waals surface area contributed by atoms with E-state index in [4.69, 9.17) is 0 Å². The van der Waals surface area contributed by atoms with Crippen molar-refractivity contribution < 1.29 is 9.59 Å². The number of hydrogen-bond acceptors (Lipinski definition) is 2. The maximum atomic E-state index is 11.7. The molecule has 0 radical (unpaired) electrons. The molecule has 2 amide bonds. The van der Waals surface area contributed by atoms with Gasteiger partial charge in [-0.15, -0.1) is 0 Å². The number of unbranched alkanes of at least 4 members (excludes halogenated alkanes) is 1. The van der Waals surface area contributed by atoms with E-state index in [0.29, 0.717) is 6.42 Å². The fourth-order valence-corrected chi connectivity index (χ4v) is 2.37. The number of nitrogens with one attached hydrogen (secondary N) is 1. The van der Waals surface area contributed by atoms with Crippen LogP contribution in [0.1, 0.15) is 38.7 Å². The molecule has 4 nitrogen and oxygen atoms in total. The predicted octanol–water partition coefficient (Wildman–Crippen LogP) is 2.72. The summed E-state index contributed by atoms with van der Waals surface area (Å²) in [5.74, 6) is 0.127. The first kappa shape index (κ1) is 13.6. The highest BCUT2D eigenvalue weighted by molar-refractivity contribution is 5.95. The average molecular weight is 260 g/mol. The minimum Gasteiger partial charge on any atom is -0.326 e. The fraction of sp³-hybridized carbons (Fsp3) is 0.467. The van der Waals surface area contributed by atoms with Gasteiger partial charge in [-0.1, -0.05) is 13.3 Å². The van der Waals surface area contributed by atoms with Crippen molar-refractivity contribution in [3.8, 4) is 0 Å². The van der Waals surface area contributed by atoms with Crippen LogP contribution in [-0.2, 0) is 16.0 Å². The van der Waals surface area contributed by atoms with Gasteiger partial charge in [-0.3, -0.25) is 9.59 Å². The first-order valence-corrected chi connectivity index (χ1v) is 6.82. The van der Waals surface area contributed by atoms with E-state index in [1.807, 2.05) is 18.2 Å². The first-order valence-electron chi connectivity index (χ1n) is 6.82. The fourth-order valence-electron chi connectivity index (χ4n) is 2.37. The Morgan fingerprint density at radius 1 is 1.37 bits per heavy atom. The van der Waals surface area contributed by atoms with Crippen molar-refractivity contribution in [1.29, 1.82) is 0 Å². The van der Waals surface area contributed by atoms with E-state index < -0.39 is 0 Å². The van der Waals surface area contributed by atoms with Crippen molar-refractivity contribution in [2.45, 2.75) is 39.5 Å². The van der Waals surface area contributed by atoms with Crippen LogP contribution >= 0.6 is 0 Å². The first-order chi connectivity index (χ1) is 9.11. The van der Waals surface area contributed by atoms with Crippen LogP contribution in [-0.4, -0.2) is 18.4 Å². The van der Waals surface area contributed by atoms with Gasteiger partial charge in [0.2, 0.25) is 11.8 Å². The molecule has 102 valence electrons. The molecule has 0 spiro atoms. The molecule has 1 N–H and O–H groups in total. The molecule has 0 aliphatic carbocycles. The molecule has 2 rings (SSSR count). The third kappa shape index (κ3) is 3.13. The second-order valence-corrected chi connectivity index (χ2v) is 4.92. The average Bonchev–Trinajstić information content (AvgIpc) is 2.79. The normalized spacial score (nSPS) is 13.3. The second-order valence-electron chi connectivity index (χ2n) is 4.92. The highest BCUT2D eigenvalue weighted by Gasteiger charge is 2.22. The molecule has 0 saturated heterocycles. The minimum absolute atomic E-state index is 0.0585. The predicted molar refractivity (Wildman–Crippen MR) is 76.3 cm³/mol. The van der Waals surface area contributed by atoms with Crippen LogP contribution < -0.4 is 10.2 Å². The maximum absolute atomic E-state index is 11.7. The van der Waals surface area contributed by atoms with Crippen molar-refractivity contribution in [2.75, 3.05) is 16.8 Å². The Morgan fingerprint density at radius 3 is 2.84 bits per heavy atom. The monoisotopic (exact) mass is 260 g/mol. The highest BCUT2D eigenvalue weighted by Crippen LogP contribution is 2.30. The molecule has 19 heavy (non-hydrogen) atoms. The summed E-state index contributed by atoms with van der Waals surface area (Å²) >= 11 is 0. The van der Waals surface area contributed by atoms with E-state index in [0.717, 1.165) is 42.7 Å². The van der Waals surface area contributed by atoms with Crippen LogP contribution in [0.3, 0.4) is 0 Å². The van der Waals surface area contributed by atoms with Gasteiger partial charge >= 0.3 is 0 Å². The van der Waals surface area contributed by atoms with Gasteiger partial charge in [0.05, 0.1) is 0 Å². The Kier molecular flexibility index (Phi) is 4.20. The zero-order valence-corrected chi connectivity index (χ0v) is 11.5. The highest BCUT2D eigenvalue weighted by atomic mass is 16.2. The summed E-state index contributed by atoms with van der Waals surface area (Å²) in [5, 5.41) is 2.91. The number of amides is 2. The molecule has 0 unspecified atom stereocenters. The number of rotatable bonds is 4. The lowest BCUT2D eigenvalue weighted by molar-refractivity contribution is -0.117. The molecule has 1 aliphatic rings. The van der Waals surface area contributed by atoms with Crippen molar-refractivity contribution >= 4 is 23.2 Å². The lowest BCUT2D eigenvalue weighted by atomic mass is 10.1. The zero-order chi connectivity index (χ0) is 13.8. The van der Waals surface area contributed by atoms with Crippen LogP contribution in [0.5, 0.6) is 0 Å². The van der Waals surface area contributed by atoms with E-state index >= 15 is 0 Å². The van der Waals surface area contributed by atoms with Gasteiger partial charge in [-0.25, -0.2) is 0 Å². The van der Waals surface area contributed by atoms with Gasteiger partial charge in [0.15, 0.2) is 0 Å². The molecule has 1 aromatic carbocycles. The molecule has 1 aromatic rings. The van der Waals surface area contributed by atoms with Crippen LogP contribution in [0.4, 0.5) is 11.4 Å². The van der Waals surface area contributed by atoms with Gasteiger partial charge in [0, 0.05) is 31.3 Å². The van der Waals surface area contributed by atoms with Gasteiger partial charge in [-0.05, 0) is 36.6 Å². The van der Waals surface area contributed by atoms with Crippen LogP contribution in [0.25, 0.3) is 0 Å². The van der Waals surface area contributed by atoms with E-state index in [9.17, 15) is 9.59 Å². The van der Waals surface area contributed by atoms with Crippen molar-refractivity contribution in [2.24, 2.45) is 0 Å². The van der Waals surface area contributed by atoms with Crippen molar-refractivity contribution in [3.63, 3.8) is 0 Å². The van der Waals surface area contributed by atoms with Crippen molar-refractivity contribution in [3.05, 3.63) is 23.8 Å². The molecular formula is C15H20N2O2. The Labute approximate surface area is 113 Å². The molecule has 4 heteroatoms. The molecule has 0 fully saturated rings. The van der Waals surface area contributed by atoms with Crippen LogP contribution in [0.2, 0.25) is 0 Å².